The highest BCUT2D eigenvalue weighted by atomic mass is 16.8. The number of aryl methyl sites for hydroxylation is 1. The third kappa shape index (κ3) is 9.17. The molecular weight excluding hydrogens is 704 g/mol. The van der Waals surface area contributed by atoms with Crippen molar-refractivity contribution in [3.63, 3.8) is 0 Å². The molecule has 14 nitrogen and oxygen atoms in total. The lowest BCUT2D eigenvalue weighted by Crippen LogP contribution is -2.78. The molecule has 294 valence electrons. The van der Waals surface area contributed by atoms with Gasteiger partial charge >= 0.3 is 29.8 Å². The molecule has 0 aliphatic carbocycles. The van der Waals surface area contributed by atoms with Crippen LogP contribution >= 0.6 is 0 Å². The van der Waals surface area contributed by atoms with Crippen LogP contribution in [0.25, 0.3) is 0 Å². The number of rotatable bonds is 20. The van der Waals surface area contributed by atoms with Crippen LogP contribution in [0.15, 0.2) is 72.8 Å². The van der Waals surface area contributed by atoms with Crippen LogP contribution in [0.5, 0.6) is 0 Å². The molecule has 1 unspecified atom stereocenters. The summed E-state index contributed by atoms with van der Waals surface area (Å²) in [6, 6.07) is 19.4. The van der Waals surface area contributed by atoms with Crippen molar-refractivity contribution in [1.82, 2.24) is 0 Å². The van der Waals surface area contributed by atoms with E-state index in [-0.39, 0.29) is 37.5 Å². The van der Waals surface area contributed by atoms with E-state index >= 15 is 0 Å². The summed E-state index contributed by atoms with van der Waals surface area (Å²) < 4.78 is 22.2. The number of hydrogen-bond donors (Lipinski definition) is 5. The Bertz CT molecular complexity index is 1650. The van der Waals surface area contributed by atoms with Gasteiger partial charge in [-0.15, -0.1) is 0 Å². The molecule has 14 heteroatoms. The van der Waals surface area contributed by atoms with Gasteiger partial charge in [0.05, 0.1) is 0 Å². The first-order chi connectivity index (χ1) is 25.6. The second-order valence-electron chi connectivity index (χ2n) is 14.2. The van der Waals surface area contributed by atoms with Crippen molar-refractivity contribution < 1.29 is 68.5 Å². The van der Waals surface area contributed by atoms with Gasteiger partial charge in [-0.1, -0.05) is 86.7 Å². The number of benzene rings is 2. The Hall–Kier alpha value is -4.63. The first-order valence-electron chi connectivity index (χ1n) is 18.2. The van der Waals surface area contributed by atoms with Gasteiger partial charge in [0.2, 0.25) is 23.1 Å². The number of aliphatic hydroxyl groups is 2. The van der Waals surface area contributed by atoms with Gasteiger partial charge in [0.1, 0.15) is 12.2 Å². The third-order valence-corrected chi connectivity index (χ3v) is 10.2. The zero-order valence-corrected chi connectivity index (χ0v) is 30.7. The first-order valence-corrected chi connectivity index (χ1v) is 18.2. The lowest BCUT2D eigenvalue weighted by atomic mass is 9.74. The Morgan fingerprint density at radius 2 is 1.52 bits per heavy atom. The molecule has 2 aromatic rings. The number of carbonyl (C=O) groups excluding carboxylic acids is 2. The Kier molecular flexibility index (Phi) is 14.1. The molecule has 9 atom stereocenters. The van der Waals surface area contributed by atoms with E-state index in [1.165, 1.54) is 12.5 Å². The fourth-order valence-corrected chi connectivity index (χ4v) is 7.38. The molecule has 0 radical (unpaired) electrons. The molecule has 2 heterocycles. The number of aliphatic hydroxyl groups excluding tert-OH is 1. The number of carbonyl (C=O) groups is 5. The molecule has 5 N–H and O–H groups in total. The molecule has 2 saturated heterocycles. The highest BCUT2D eigenvalue weighted by Gasteiger charge is 2.85. The van der Waals surface area contributed by atoms with Crippen molar-refractivity contribution in [1.29, 1.82) is 0 Å². The molecule has 2 fully saturated rings. The van der Waals surface area contributed by atoms with E-state index < -0.39 is 77.7 Å². The molecule has 54 heavy (non-hydrogen) atoms. The predicted octanol–water partition coefficient (Wildman–Crippen LogP) is 4.08. The van der Waals surface area contributed by atoms with Crippen LogP contribution in [0.3, 0.4) is 0 Å². The monoisotopic (exact) mass is 754 g/mol. The number of esters is 2. The minimum Gasteiger partial charge on any atom is -0.479 e. The fourth-order valence-electron chi connectivity index (χ4n) is 7.38. The van der Waals surface area contributed by atoms with Gasteiger partial charge in [0.15, 0.2) is 6.10 Å². The summed E-state index contributed by atoms with van der Waals surface area (Å²) >= 11 is 0. The molecule has 0 amide bonds. The lowest BCUT2D eigenvalue weighted by molar-refractivity contribution is -0.374. The van der Waals surface area contributed by atoms with Crippen LogP contribution in [0.2, 0.25) is 0 Å². The van der Waals surface area contributed by atoms with Gasteiger partial charge < -0.3 is 44.5 Å². The van der Waals surface area contributed by atoms with Crippen LogP contribution in [0, 0.1) is 11.8 Å². The molecular formula is C40H50O14. The van der Waals surface area contributed by atoms with Gasteiger partial charge in [0.25, 0.3) is 0 Å². The number of allylic oxidation sites excluding steroid dienone is 2. The lowest BCUT2D eigenvalue weighted by Gasteiger charge is -2.48. The maximum Gasteiger partial charge on any atom is 0.344 e. The van der Waals surface area contributed by atoms with Crippen LogP contribution in [0.4, 0.5) is 0 Å². The molecule has 2 aliphatic rings. The highest BCUT2D eigenvalue weighted by Crippen LogP contribution is 2.55. The Balaban J connectivity index is 1.51. The summed E-state index contributed by atoms with van der Waals surface area (Å²) in [7, 11) is 0. The SMILES string of the molecule is CC(=O)O[C@H](CCC[C@]12O[C@H](C(=O)O)[C@@](O)(C(=O)O)[C@](C(=O)O)(O1)C(OC(=O)CCC=C[C@H](C)CCCc1ccccc1)[C@H]2O)[C@H](C)Cc1ccccc1. The average molecular weight is 755 g/mol. The largest absolute Gasteiger partial charge is 0.479 e. The molecule has 0 saturated carbocycles. The minimum absolute atomic E-state index is 0.0311. The van der Waals surface area contributed by atoms with Gasteiger partial charge in [-0.05, 0) is 67.9 Å². The highest BCUT2D eigenvalue weighted by molar-refractivity contribution is 5.98. The third-order valence-electron chi connectivity index (χ3n) is 10.2. The normalized spacial score (nSPS) is 27.8. The molecule has 2 aliphatic heterocycles. The van der Waals surface area contributed by atoms with E-state index in [0.29, 0.717) is 6.42 Å². The number of ether oxygens (including phenoxy) is 4. The summed E-state index contributed by atoms with van der Waals surface area (Å²) in [4.78, 5) is 63.2. The summed E-state index contributed by atoms with van der Waals surface area (Å²) in [6.07, 6.45) is -1.75. The van der Waals surface area contributed by atoms with E-state index in [9.17, 15) is 49.5 Å². The summed E-state index contributed by atoms with van der Waals surface area (Å²) in [5.41, 5.74) is -5.16. The van der Waals surface area contributed by atoms with Crippen LogP contribution in [0.1, 0.15) is 76.8 Å². The minimum atomic E-state index is -3.86. The smallest absolute Gasteiger partial charge is 0.344 e. The predicted molar refractivity (Wildman–Crippen MR) is 191 cm³/mol. The standard InChI is InChI=1S/C40H50O14/c1-25(15-12-20-28-16-6-4-7-17-28)14-10-11-22-31(42)52-33-32(43)38(53-34(35(44)45)39(50,36(46)47)40(33,54-38)37(48)49)23-13-21-30(51-27(3)41)26(2)24-29-18-8-5-9-19-29/h4-10,14,16-19,25-26,30,32-34,43,50H,11-13,15,20-24H2,1-3H3,(H,44,45)(H,46,47)(H,48,49)/t25-,26+,30+,32+,33?,34+,38-,39+,40-/m0/s1. The second-order valence-corrected chi connectivity index (χ2v) is 14.2. The fraction of sp³-hybridized carbons (Fsp3) is 0.525. The average Bonchev–Trinajstić information content (AvgIpc) is 3.33. The second kappa shape index (κ2) is 18.1. The zero-order valence-electron chi connectivity index (χ0n) is 30.7. The quantitative estimate of drug-likeness (QED) is 0.0950. The first kappa shape index (κ1) is 42.1. The number of carboxylic acids is 3. The summed E-state index contributed by atoms with van der Waals surface area (Å²) in [6.45, 7) is 5.12. The van der Waals surface area contributed by atoms with Crippen LogP contribution < -0.4 is 0 Å². The summed E-state index contributed by atoms with van der Waals surface area (Å²) in [5.74, 6) is -10.8. The van der Waals surface area contributed by atoms with E-state index in [1.54, 1.807) is 6.08 Å². The number of aliphatic carboxylic acids is 3. The van der Waals surface area contributed by atoms with Crippen molar-refractivity contribution in [2.24, 2.45) is 11.8 Å². The topological polar surface area (TPSA) is 223 Å². The van der Waals surface area contributed by atoms with Crippen molar-refractivity contribution in [2.75, 3.05) is 0 Å². The van der Waals surface area contributed by atoms with Crippen LogP contribution in [-0.2, 0) is 55.8 Å². The van der Waals surface area contributed by atoms with E-state index in [2.05, 4.69) is 12.1 Å². The molecule has 2 aromatic carbocycles. The number of carboxylic acid groups (broad SMARTS) is 3. The molecule has 0 spiro atoms. The van der Waals surface area contributed by atoms with Crippen molar-refractivity contribution >= 4 is 29.8 Å². The maximum atomic E-state index is 13.2. The summed E-state index contributed by atoms with van der Waals surface area (Å²) in [5, 5.41) is 53.7. The van der Waals surface area contributed by atoms with Crippen molar-refractivity contribution in [2.45, 2.75) is 120 Å². The Morgan fingerprint density at radius 3 is 2.09 bits per heavy atom. The van der Waals surface area contributed by atoms with E-state index in [0.717, 1.165) is 24.8 Å². The van der Waals surface area contributed by atoms with Crippen molar-refractivity contribution in [3.05, 3.63) is 83.9 Å². The van der Waals surface area contributed by atoms with Gasteiger partial charge in [0, 0.05) is 19.8 Å². The zero-order chi connectivity index (χ0) is 39.7. The molecule has 2 bridgehead atoms. The molecule has 4 rings (SSSR count). The number of fused-ring (bicyclic) bond motifs is 2. The van der Waals surface area contributed by atoms with E-state index in [1.807, 2.05) is 68.5 Å². The Morgan fingerprint density at radius 1 is 0.889 bits per heavy atom. The maximum absolute atomic E-state index is 13.2. The van der Waals surface area contributed by atoms with Gasteiger partial charge in [-0.25, -0.2) is 14.4 Å². The molecule has 0 aromatic heterocycles. The van der Waals surface area contributed by atoms with Crippen LogP contribution in [-0.4, -0.2) is 96.8 Å². The Labute approximate surface area is 313 Å². The van der Waals surface area contributed by atoms with E-state index in [4.69, 9.17) is 18.9 Å². The van der Waals surface area contributed by atoms with Crippen molar-refractivity contribution in [3.8, 4) is 0 Å². The van der Waals surface area contributed by atoms with Gasteiger partial charge in [-0.3, -0.25) is 9.59 Å². The number of hydrogen-bond acceptors (Lipinski definition) is 11. The van der Waals surface area contributed by atoms with Gasteiger partial charge in [-0.2, -0.15) is 0 Å².